The van der Waals surface area contributed by atoms with Crippen molar-refractivity contribution in [3.63, 3.8) is 0 Å². The quantitative estimate of drug-likeness (QED) is 0.0272. The number of unbranched alkanes of at least 4 members (excludes halogenated alkanes) is 53. The first kappa shape index (κ1) is 92.9. The van der Waals surface area contributed by atoms with E-state index < -0.39 is 20.0 Å². The lowest BCUT2D eigenvalue weighted by Crippen LogP contribution is -2.46. The molecule has 2 N–H and O–H groups in total. The zero-order valence-electron chi connectivity index (χ0n) is 64.1. The number of rotatable bonds is 78. The van der Waals surface area contributed by atoms with Crippen molar-refractivity contribution >= 4 is 13.7 Å². The van der Waals surface area contributed by atoms with Gasteiger partial charge in [-0.3, -0.25) is 9.36 Å². The molecule has 0 saturated heterocycles. The van der Waals surface area contributed by atoms with E-state index >= 15 is 0 Å². The van der Waals surface area contributed by atoms with Crippen LogP contribution in [0.2, 0.25) is 0 Å². The van der Waals surface area contributed by atoms with Crippen LogP contribution in [0.1, 0.15) is 418 Å². The average molecular weight is 1350 g/mol. The number of carbonyl (C=O) groups is 1. The van der Waals surface area contributed by atoms with E-state index in [4.69, 9.17) is 9.05 Å². The fourth-order valence-corrected chi connectivity index (χ4v) is 13.5. The molecule has 558 valence electrons. The Balaban J connectivity index is 3.90. The summed E-state index contributed by atoms with van der Waals surface area (Å²) in [5, 5.41) is 14.2. The minimum absolute atomic E-state index is 0.0135. The second-order valence-corrected chi connectivity index (χ2v) is 31.2. The minimum atomic E-state index is -4.59. The first-order valence-corrected chi connectivity index (χ1v) is 43.2. The molecule has 3 unspecified atom stereocenters. The minimum Gasteiger partial charge on any atom is -0.756 e. The molecule has 3 atom stereocenters. The van der Waals surface area contributed by atoms with Crippen LogP contribution in [0.15, 0.2) is 72.9 Å². The van der Waals surface area contributed by atoms with Gasteiger partial charge < -0.3 is 28.8 Å². The molecule has 0 spiro atoms. The number of hydrogen-bond acceptors (Lipinski definition) is 6. The molecule has 0 fully saturated rings. The molecule has 0 radical (unpaired) electrons. The number of aliphatic hydroxyl groups is 1. The van der Waals surface area contributed by atoms with Gasteiger partial charge in [0, 0.05) is 6.42 Å². The van der Waals surface area contributed by atoms with Gasteiger partial charge >= 0.3 is 0 Å². The SMILES string of the molecule is CC/C=C\C/C=C\C/C=C\C/C=C\C/C=C\C/C=C\CCCCCCCCCCCCCCCCCCCCCCCCC(=O)NC(COP(=O)([O-])OCC[N+](C)(C)C)C(O)CCCCCCCCCCCCCCCCCCCCCCCCCCCCCCCCCC. The summed E-state index contributed by atoms with van der Waals surface area (Å²) in [6, 6.07) is -0.803. The molecule has 95 heavy (non-hydrogen) atoms. The van der Waals surface area contributed by atoms with Gasteiger partial charge in [-0.1, -0.05) is 421 Å². The maximum Gasteiger partial charge on any atom is 0.268 e. The Morgan fingerprint density at radius 2 is 0.642 bits per heavy atom. The number of allylic oxidation sites excluding steroid dienone is 12. The number of nitrogens with zero attached hydrogens (tertiary/aromatic N) is 1. The molecule has 1 amide bonds. The van der Waals surface area contributed by atoms with Crippen LogP contribution in [0.3, 0.4) is 0 Å². The van der Waals surface area contributed by atoms with Crippen LogP contribution in [0.5, 0.6) is 0 Å². The van der Waals surface area contributed by atoms with E-state index in [2.05, 4.69) is 92.1 Å². The van der Waals surface area contributed by atoms with Gasteiger partial charge in [0.25, 0.3) is 7.82 Å². The first-order chi connectivity index (χ1) is 46.5. The van der Waals surface area contributed by atoms with Crippen LogP contribution in [0.25, 0.3) is 0 Å². The van der Waals surface area contributed by atoms with Crippen molar-refractivity contribution in [2.24, 2.45) is 0 Å². The molecule has 0 aromatic heterocycles. The lowest BCUT2D eigenvalue weighted by Gasteiger charge is -2.30. The predicted octanol–water partition coefficient (Wildman–Crippen LogP) is 27.0. The van der Waals surface area contributed by atoms with Crippen molar-refractivity contribution in [1.82, 2.24) is 5.32 Å². The second kappa shape index (κ2) is 76.1. The van der Waals surface area contributed by atoms with Gasteiger partial charge in [-0.25, -0.2) is 0 Å². The van der Waals surface area contributed by atoms with Crippen molar-refractivity contribution < 1.29 is 32.9 Å². The summed E-state index contributed by atoms with van der Waals surface area (Å²) in [5.41, 5.74) is 0. The van der Waals surface area contributed by atoms with E-state index in [1.54, 1.807) is 0 Å². The van der Waals surface area contributed by atoms with Crippen molar-refractivity contribution in [3.05, 3.63) is 72.9 Å². The zero-order chi connectivity index (χ0) is 69.0. The molecule has 0 aliphatic carbocycles. The summed E-state index contributed by atoms with van der Waals surface area (Å²) in [4.78, 5) is 25.8. The van der Waals surface area contributed by atoms with Crippen molar-refractivity contribution in [2.75, 3.05) is 40.9 Å². The Morgan fingerprint density at radius 1 is 0.379 bits per heavy atom. The summed E-state index contributed by atoms with van der Waals surface area (Å²) >= 11 is 0. The Kier molecular flexibility index (Phi) is 74.5. The highest BCUT2D eigenvalue weighted by Gasteiger charge is 2.24. The topological polar surface area (TPSA) is 108 Å². The van der Waals surface area contributed by atoms with Gasteiger partial charge in [0.15, 0.2) is 0 Å². The fraction of sp³-hybridized carbons (Fsp3) is 0.849. The molecule has 0 saturated carbocycles. The Labute approximate surface area is 593 Å². The average Bonchev–Trinajstić information content (AvgIpc) is 2.01. The Morgan fingerprint density at radius 3 is 0.937 bits per heavy atom. The summed E-state index contributed by atoms with van der Waals surface area (Å²) in [7, 11) is 1.32. The van der Waals surface area contributed by atoms with Crippen molar-refractivity contribution in [1.29, 1.82) is 0 Å². The predicted molar refractivity (Wildman–Crippen MR) is 417 cm³/mol. The number of hydrogen-bond donors (Lipinski definition) is 2. The van der Waals surface area contributed by atoms with Crippen LogP contribution in [-0.2, 0) is 18.4 Å². The smallest absolute Gasteiger partial charge is 0.268 e. The standard InChI is InChI=1S/C86H163N2O6P/c1-6-8-10-12-14-16-18-20-22-24-26-28-30-32-34-36-38-40-41-42-43-44-45-46-47-48-50-52-54-56-58-60-62-64-66-68-70-72-74-76-78-80-86(90)87-84(83-94-95(91,92)93-82-81-88(3,4)5)85(89)79-77-75-73-71-69-67-65-63-61-59-57-55-53-51-49-39-37-35-33-31-29-27-25-23-21-19-17-15-13-11-9-7-2/h8,10,14,16,20,22,26,28,32,34,38,40,84-85,89H,6-7,9,11-13,15,17-19,21,23-25,27,29-31,33,35-37,39,41-83H2,1-5H3,(H-,87,90,91,92)/b10-8-,16-14-,22-20-,28-26-,34-32-,40-38-. The van der Waals surface area contributed by atoms with Gasteiger partial charge in [-0.15, -0.1) is 0 Å². The third kappa shape index (κ3) is 79.1. The highest BCUT2D eigenvalue weighted by Crippen LogP contribution is 2.38. The fourth-order valence-electron chi connectivity index (χ4n) is 12.8. The normalized spacial score (nSPS) is 13.8. The monoisotopic (exact) mass is 1350 g/mol. The van der Waals surface area contributed by atoms with E-state index in [0.29, 0.717) is 23.9 Å². The molecule has 0 aliphatic rings. The van der Waals surface area contributed by atoms with Crippen molar-refractivity contribution in [3.8, 4) is 0 Å². The van der Waals surface area contributed by atoms with E-state index in [9.17, 15) is 19.4 Å². The number of aliphatic hydroxyl groups excluding tert-OH is 1. The maximum atomic E-state index is 13.1. The highest BCUT2D eigenvalue weighted by molar-refractivity contribution is 7.45. The van der Waals surface area contributed by atoms with Crippen LogP contribution in [0, 0.1) is 0 Å². The van der Waals surface area contributed by atoms with Gasteiger partial charge in [0.2, 0.25) is 5.91 Å². The van der Waals surface area contributed by atoms with Crippen LogP contribution in [0.4, 0.5) is 0 Å². The largest absolute Gasteiger partial charge is 0.756 e. The molecular formula is C86H163N2O6P. The van der Waals surface area contributed by atoms with Gasteiger partial charge in [0.1, 0.15) is 13.2 Å². The van der Waals surface area contributed by atoms with E-state index in [1.165, 1.54) is 315 Å². The van der Waals surface area contributed by atoms with Crippen LogP contribution >= 0.6 is 7.82 Å². The van der Waals surface area contributed by atoms with E-state index in [0.717, 1.165) is 77.0 Å². The summed E-state index contributed by atoms with van der Waals surface area (Å²) < 4.78 is 23.6. The Bertz CT molecular complexity index is 1790. The van der Waals surface area contributed by atoms with Crippen LogP contribution < -0.4 is 10.2 Å². The third-order valence-corrected chi connectivity index (χ3v) is 20.2. The number of phosphoric ester groups is 1. The van der Waals surface area contributed by atoms with E-state index in [-0.39, 0.29) is 19.1 Å². The zero-order valence-corrected chi connectivity index (χ0v) is 65.0. The summed E-state index contributed by atoms with van der Waals surface area (Å²) in [5.74, 6) is -0.156. The summed E-state index contributed by atoms with van der Waals surface area (Å²) in [6.07, 6.45) is 108. The highest BCUT2D eigenvalue weighted by atomic mass is 31.2. The van der Waals surface area contributed by atoms with Crippen molar-refractivity contribution in [2.45, 2.75) is 431 Å². The van der Waals surface area contributed by atoms with Gasteiger partial charge in [0.05, 0.1) is 39.9 Å². The molecule has 0 aromatic rings. The number of phosphoric acid groups is 1. The van der Waals surface area contributed by atoms with E-state index in [1.807, 2.05) is 21.1 Å². The lowest BCUT2D eigenvalue weighted by atomic mass is 10.0. The molecule has 0 rings (SSSR count). The number of likely N-dealkylation sites (N-methyl/N-ethyl adjacent to an activating group) is 1. The molecular weight excluding hydrogens is 1190 g/mol. The number of amides is 1. The first-order valence-electron chi connectivity index (χ1n) is 41.8. The molecule has 9 heteroatoms. The maximum absolute atomic E-state index is 13.1. The second-order valence-electron chi connectivity index (χ2n) is 29.8. The van der Waals surface area contributed by atoms with Gasteiger partial charge in [-0.2, -0.15) is 0 Å². The van der Waals surface area contributed by atoms with Crippen LogP contribution in [-0.4, -0.2) is 68.5 Å². The number of quaternary nitrogens is 1. The number of carbonyl (C=O) groups excluding carboxylic acids is 1. The summed E-state index contributed by atoms with van der Waals surface area (Å²) in [6.45, 7) is 4.67. The third-order valence-electron chi connectivity index (χ3n) is 19.2. The molecule has 0 aromatic carbocycles. The lowest BCUT2D eigenvalue weighted by molar-refractivity contribution is -0.870. The molecule has 8 nitrogen and oxygen atoms in total. The van der Waals surface area contributed by atoms with Gasteiger partial charge in [-0.05, 0) is 64.2 Å². The number of nitrogens with one attached hydrogen (secondary N) is 1. The molecule has 0 heterocycles. The molecule has 0 aliphatic heterocycles. The molecule has 0 bridgehead atoms. The Hall–Kier alpha value is -2.06.